The molecule has 3 N–H and O–H groups in total. The van der Waals surface area contributed by atoms with Crippen LogP contribution in [0.5, 0.6) is 0 Å². The predicted molar refractivity (Wildman–Crippen MR) is 125 cm³/mol. The first-order chi connectivity index (χ1) is 16.1. The van der Waals surface area contributed by atoms with E-state index in [1.54, 1.807) is 42.3 Å². The quantitative estimate of drug-likeness (QED) is 0.331. The zero-order valence-corrected chi connectivity index (χ0v) is 18.4. The highest BCUT2D eigenvalue weighted by Crippen LogP contribution is 2.22. The Labute approximate surface area is 194 Å². The van der Waals surface area contributed by atoms with Gasteiger partial charge in [0.25, 0.3) is 0 Å². The molecule has 3 heterocycles. The smallest absolute Gasteiger partial charge is 0.325 e. The number of carbonyl (C=O) groups is 2. The number of aromatic nitrogens is 4. The van der Waals surface area contributed by atoms with Crippen molar-refractivity contribution >= 4 is 29.0 Å². The third-order valence-corrected chi connectivity index (χ3v) is 5.68. The summed E-state index contributed by atoms with van der Waals surface area (Å²) in [5.74, 6) is -1.03. The standard InChI is InChI=1S/C23H22N6O3S/c30-22(31)14-29-21(11-19(28-29)17-6-8-24-9-7-17)27-23(32)20(10-16-4-2-1-3-5-16)26-13-18-12-25-15-33-18/h1-9,11-12,15,20,26H,10,13-14H2,(H,27,32)(H,30,31)/t20-/m0/s1. The van der Waals surface area contributed by atoms with Crippen LogP contribution in [0.3, 0.4) is 0 Å². The van der Waals surface area contributed by atoms with Crippen LogP contribution in [0, 0.1) is 0 Å². The van der Waals surface area contributed by atoms with E-state index >= 15 is 0 Å². The second-order valence-corrected chi connectivity index (χ2v) is 8.25. The molecule has 0 aliphatic rings. The second-order valence-electron chi connectivity index (χ2n) is 7.28. The second kappa shape index (κ2) is 10.6. The fourth-order valence-corrected chi connectivity index (χ4v) is 3.85. The third kappa shape index (κ3) is 6.09. The molecule has 0 saturated carbocycles. The normalized spacial score (nSPS) is 11.8. The molecule has 0 fully saturated rings. The number of rotatable bonds is 10. The minimum absolute atomic E-state index is 0.281. The van der Waals surface area contributed by atoms with Crippen LogP contribution < -0.4 is 10.6 Å². The molecule has 0 saturated heterocycles. The summed E-state index contributed by atoms with van der Waals surface area (Å²) in [4.78, 5) is 33.7. The Morgan fingerprint density at radius 2 is 1.88 bits per heavy atom. The highest BCUT2D eigenvalue weighted by molar-refractivity contribution is 7.09. The number of thiazole rings is 1. The van der Waals surface area contributed by atoms with Crippen molar-refractivity contribution in [2.75, 3.05) is 5.32 Å². The van der Waals surface area contributed by atoms with Crippen molar-refractivity contribution in [1.29, 1.82) is 0 Å². The van der Waals surface area contributed by atoms with E-state index in [1.807, 2.05) is 30.3 Å². The van der Waals surface area contributed by atoms with Crippen molar-refractivity contribution in [3.63, 3.8) is 0 Å². The van der Waals surface area contributed by atoms with Crippen molar-refractivity contribution in [3.8, 4) is 11.3 Å². The summed E-state index contributed by atoms with van der Waals surface area (Å²) in [6.07, 6.45) is 5.49. The van der Waals surface area contributed by atoms with Crippen LogP contribution in [-0.4, -0.2) is 42.8 Å². The molecule has 1 amide bonds. The maximum absolute atomic E-state index is 13.3. The van der Waals surface area contributed by atoms with E-state index in [9.17, 15) is 14.7 Å². The Bertz CT molecular complexity index is 1200. The lowest BCUT2D eigenvalue weighted by Crippen LogP contribution is -2.42. The van der Waals surface area contributed by atoms with Gasteiger partial charge in [0.15, 0.2) is 0 Å². The van der Waals surface area contributed by atoms with Gasteiger partial charge in [-0.3, -0.25) is 19.6 Å². The Balaban J connectivity index is 1.56. The van der Waals surface area contributed by atoms with Gasteiger partial charge in [-0.05, 0) is 24.1 Å². The Morgan fingerprint density at radius 1 is 1.09 bits per heavy atom. The Hall–Kier alpha value is -3.89. The fourth-order valence-electron chi connectivity index (χ4n) is 3.30. The number of carboxylic acid groups (broad SMARTS) is 1. The minimum atomic E-state index is -1.06. The number of carboxylic acids is 1. The van der Waals surface area contributed by atoms with Crippen LogP contribution in [0.25, 0.3) is 11.3 Å². The molecule has 3 aromatic heterocycles. The molecule has 9 nitrogen and oxygen atoms in total. The van der Waals surface area contributed by atoms with Crippen molar-refractivity contribution < 1.29 is 14.7 Å². The van der Waals surface area contributed by atoms with Gasteiger partial charge in [0, 0.05) is 41.6 Å². The molecule has 0 aliphatic carbocycles. The van der Waals surface area contributed by atoms with Gasteiger partial charge in [-0.25, -0.2) is 4.68 Å². The van der Waals surface area contributed by atoms with E-state index in [2.05, 4.69) is 25.7 Å². The zero-order chi connectivity index (χ0) is 23.0. The number of hydrogen-bond donors (Lipinski definition) is 3. The van der Waals surface area contributed by atoms with Crippen molar-refractivity contribution in [1.82, 2.24) is 25.1 Å². The van der Waals surface area contributed by atoms with Gasteiger partial charge < -0.3 is 15.7 Å². The number of pyridine rings is 1. The predicted octanol–water partition coefficient (Wildman–Crippen LogP) is 2.83. The molecule has 0 aliphatic heterocycles. The summed E-state index contributed by atoms with van der Waals surface area (Å²) in [5.41, 5.74) is 4.07. The van der Waals surface area contributed by atoms with E-state index in [-0.39, 0.29) is 12.5 Å². The molecule has 0 unspecified atom stereocenters. The van der Waals surface area contributed by atoms with Gasteiger partial charge >= 0.3 is 5.97 Å². The first kappa shape index (κ1) is 22.3. The Morgan fingerprint density at radius 3 is 2.58 bits per heavy atom. The minimum Gasteiger partial charge on any atom is -0.480 e. The first-order valence-corrected chi connectivity index (χ1v) is 11.1. The van der Waals surface area contributed by atoms with E-state index in [4.69, 9.17) is 0 Å². The molecule has 1 atom stereocenters. The number of carbonyl (C=O) groups excluding carboxylic acids is 1. The average Bonchev–Trinajstić information content (AvgIpc) is 3.48. The molecule has 168 valence electrons. The van der Waals surface area contributed by atoms with Gasteiger partial charge in [0.05, 0.1) is 17.2 Å². The molecule has 4 rings (SSSR count). The average molecular weight is 463 g/mol. The number of nitrogens with zero attached hydrogens (tertiary/aromatic N) is 4. The SMILES string of the molecule is O=C(O)Cn1nc(-c2ccncc2)cc1NC(=O)[C@H](Cc1ccccc1)NCc1cncs1. The first-order valence-electron chi connectivity index (χ1n) is 10.2. The lowest BCUT2D eigenvalue weighted by Gasteiger charge is -2.18. The van der Waals surface area contributed by atoms with Gasteiger partial charge in [-0.1, -0.05) is 30.3 Å². The number of benzene rings is 1. The lowest BCUT2D eigenvalue weighted by molar-refractivity contribution is -0.137. The maximum Gasteiger partial charge on any atom is 0.325 e. The summed E-state index contributed by atoms with van der Waals surface area (Å²) >= 11 is 1.51. The largest absolute Gasteiger partial charge is 0.480 e. The third-order valence-electron chi connectivity index (χ3n) is 4.90. The summed E-state index contributed by atoms with van der Waals surface area (Å²) in [7, 11) is 0. The van der Waals surface area contributed by atoms with Gasteiger partial charge in [0.2, 0.25) is 5.91 Å². The van der Waals surface area contributed by atoms with Crippen molar-refractivity contribution in [2.45, 2.75) is 25.6 Å². The number of aliphatic carboxylic acids is 1. The van der Waals surface area contributed by atoms with Crippen molar-refractivity contribution in [2.24, 2.45) is 0 Å². The lowest BCUT2D eigenvalue weighted by atomic mass is 10.1. The van der Waals surface area contributed by atoms with Gasteiger partial charge in [-0.2, -0.15) is 5.10 Å². The van der Waals surface area contributed by atoms with Crippen molar-refractivity contribution in [3.05, 3.63) is 83.1 Å². The molecule has 0 radical (unpaired) electrons. The monoisotopic (exact) mass is 462 g/mol. The van der Waals surface area contributed by atoms with Gasteiger partial charge in [-0.15, -0.1) is 11.3 Å². The highest BCUT2D eigenvalue weighted by Gasteiger charge is 2.22. The van der Waals surface area contributed by atoms with Crippen LogP contribution in [0.4, 0.5) is 5.82 Å². The summed E-state index contributed by atoms with van der Waals surface area (Å²) < 4.78 is 1.28. The van der Waals surface area contributed by atoms with Crippen LogP contribution in [0.15, 0.2) is 72.6 Å². The number of hydrogen-bond acceptors (Lipinski definition) is 7. The van der Waals surface area contributed by atoms with E-state index in [0.717, 1.165) is 16.0 Å². The molecule has 1 aromatic carbocycles. The molecule has 33 heavy (non-hydrogen) atoms. The summed E-state index contributed by atoms with van der Waals surface area (Å²) in [5, 5.41) is 19.8. The molecular weight excluding hydrogens is 440 g/mol. The summed E-state index contributed by atoms with van der Waals surface area (Å²) in [6.45, 7) is 0.116. The topological polar surface area (TPSA) is 122 Å². The van der Waals surface area contributed by atoms with Crippen LogP contribution in [0.2, 0.25) is 0 Å². The number of amides is 1. The van der Waals surface area contributed by atoms with Crippen LogP contribution in [0.1, 0.15) is 10.4 Å². The van der Waals surface area contributed by atoms with E-state index in [0.29, 0.717) is 24.5 Å². The molecule has 0 spiro atoms. The maximum atomic E-state index is 13.3. The Kier molecular flexibility index (Phi) is 7.18. The molecule has 0 bridgehead atoms. The number of nitrogens with one attached hydrogen (secondary N) is 2. The molecule has 10 heteroatoms. The number of anilines is 1. The van der Waals surface area contributed by atoms with E-state index < -0.39 is 12.0 Å². The van der Waals surface area contributed by atoms with Crippen LogP contribution in [-0.2, 0) is 29.1 Å². The highest BCUT2D eigenvalue weighted by atomic mass is 32.1. The van der Waals surface area contributed by atoms with E-state index in [1.165, 1.54) is 16.0 Å². The zero-order valence-electron chi connectivity index (χ0n) is 17.6. The molecular formula is C23H22N6O3S. The van der Waals surface area contributed by atoms with Gasteiger partial charge in [0.1, 0.15) is 12.4 Å². The molecule has 4 aromatic rings. The summed E-state index contributed by atoms with van der Waals surface area (Å²) in [6, 6.07) is 14.4. The fraction of sp³-hybridized carbons (Fsp3) is 0.174. The van der Waals surface area contributed by atoms with Crippen LogP contribution >= 0.6 is 11.3 Å².